The van der Waals surface area contributed by atoms with Gasteiger partial charge in [0.15, 0.2) is 9.84 Å². The van der Waals surface area contributed by atoms with Crippen molar-refractivity contribution in [3.63, 3.8) is 0 Å². The van der Waals surface area contributed by atoms with Crippen LogP contribution in [0.4, 0.5) is 5.95 Å². The summed E-state index contributed by atoms with van der Waals surface area (Å²) in [7, 11) is -1.75. The third-order valence-corrected chi connectivity index (χ3v) is 5.29. The third kappa shape index (κ3) is 2.98. The molecule has 1 aliphatic carbocycles. The van der Waals surface area contributed by atoms with Crippen LogP contribution in [0.1, 0.15) is 40.2 Å². The Morgan fingerprint density at radius 2 is 2.04 bits per heavy atom. The Hall–Kier alpha value is -2.22. The second-order valence-corrected chi connectivity index (χ2v) is 7.82. The molecule has 0 atom stereocenters. The van der Waals surface area contributed by atoms with Crippen molar-refractivity contribution in [3.05, 3.63) is 35.2 Å². The number of hydrogen-bond acceptors (Lipinski definition) is 5. The summed E-state index contributed by atoms with van der Waals surface area (Å²) in [5, 5.41) is 6.53. The fraction of sp³-hybridized carbons (Fsp3) is 0.400. The first-order valence-corrected chi connectivity index (χ1v) is 9.17. The Labute approximate surface area is 134 Å². The van der Waals surface area contributed by atoms with Crippen LogP contribution >= 0.6 is 0 Å². The molecule has 1 amide bonds. The normalized spacial score (nSPS) is 14.7. The summed E-state index contributed by atoms with van der Waals surface area (Å²) in [6, 6.07) is 3.44. The van der Waals surface area contributed by atoms with Crippen LogP contribution in [0.2, 0.25) is 0 Å². The Morgan fingerprint density at radius 1 is 1.35 bits per heavy atom. The highest BCUT2D eigenvalue weighted by Gasteiger charge is 2.31. The highest BCUT2D eigenvalue weighted by molar-refractivity contribution is 7.90. The molecule has 0 spiro atoms. The molecule has 3 rings (SSSR count). The molecular weight excluding hydrogens is 316 g/mol. The maximum atomic E-state index is 12.5. The van der Waals surface area contributed by atoms with Crippen LogP contribution in [0.3, 0.4) is 0 Å². The van der Waals surface area contributed by atoms with Crippen LogP contribution in [-0.2, 0) is 16.9 Å². The summed E-state index contributed by atoms with van der Waals surface area (Å²) in [6.07, 6.45) is 4.51. The van der Waals surface area contributed by atoms with Gasteiger partial charge in [0.2, 0.25) is 5.95 Å². The minimum absolute atomic E-state index is 0.283. The zero-order valence-corrected chi connectivity index (χ0v) is 14.0. The number of carbonyl (C=O) groups is 1. The molecule has 0 radical (unpaired) electrons. The summed E-state index contributed by atoms with van der Waals surface area (Å²) in [6.45, 7) is 1.67. The fourth-order valence-electron chi connectivity index (χ4n) is 2.74. The predicted octanol–water partition coefficient (Wildman–Crippen LogP) is 1.66. The summed E-state index contributed by atoms with van der Waals surface area (Å²) in [5.74, 6) is 0.196. The first kappa shape index (κ1) is 15.7. The molecule has 0 saturated heterocycles. The van der Waals surface area contributed by atoms with Gasteiger partial charge in [0.05, 0.1) is 4.90 Å². The minimum Gasteiger partial charge on any atom is -0.291 e. The molecule has 0 aliphatic heterocycles. The maximum Gasteiger partial charge on any atom is 0.258 e. The van der Waals surface area contributed by atoms with E-state index in [4.69, 9.17) is 0 Å². The molecule has 1 aliphatic rings. The predicted molar refractivity (Wildman–Crippen MR) is 85.2 cm³/mol. The average Bonchev–Trinajstić information content (AvgIpc) is 3.22. The highest BCUT2D eigenvalue weighted by atomic mass is 32.2. The van der Waals surface area contributed by atoms with E-state index in [2.05, 4.69) is 15.4 Å². The van der Waals surface area contributed by atoms with Crippen LogP contribution < -0.4 is 5.32 Å². The van der Waals surface area contributed by atoms with Crippen LogP contribution in [-0.4, -0.2) is 35.3 Å². The van der Waals surface area contributed by atoms with E-state index in [1.165, 1.54) is 17.3 Å². The lowest BCUT2D eigenvalue weighted by Crippen LogP contribution is -2.18. The topological polar surface area (TPSA) is 93.9 Å². The van der Waals surface area contributed by atoms with E-state index in [0.29, 0.717) is 17.1 Å². The summed E-state index contributed by atoms with van der Waals surface area (Å²) < 4.78 is 25.8. The Balaban J connectivity index is 2.03. The molecule has 8 heteroatoms. The molecule has 1 aromatic heterocycles. The average molecular weight is 334 g/mol. The number of anilines is 1. The molecule has 0 bridgehead atoms. The monoisotopic (exact) mass is 334 g/mol. The zero-order chi connectivity index (χ0) is 16.8. The van der Waals surface area contributed by atoms with Crippen molar-refractivity contribution in [2.45, 2.75) is 30.6 Å². The number of sulfone groups is 1. The molecule has 0 unspecified atom stereocenters. The first-order valence-electron chi connectivity index (χ1n) is 7.28. The second-order valence-electron chi connectivity index (χ2n) is 5.86. The number of amides is 1. The van der Waals surface area contributed by atoms with E-state index in [1.54, 1.807) is 26.1 Å². The number of benzene rings is 1. The van der Waals surface area contributed by atoms with Gasteiger partial charge in [-0.2, -0.15) is 10.1 Å². The third-order valence-electron chi connectivity index (χ3n) is 4.01. The second kappa shape index (κ2) is 5.45. The standard InChI is InChI=1S/C15H18N4O3S/c1-9-11(14(20)18-15-16-8-17-19(15)2)6-7-12(10-4-5-10)13(9)23(3,21)22/h6-8,10H,4-5H2,1-3H3,(H,16,17,18,20). The van der Waals surface area contributed by atoms with Gasteiger partial charge in [0.25, 0.3) is 5.91 Å². The van der Waals surface area contributed by atoms with Gasteiger partial charge in [-0.3, -0.25) is 10.1 Å². The maximum absolute atomic E-state index is 12.5. The smallest absolute Gasteiger partial charge is 0.258 e. The molecule has 122 valence electrons. The van der Waals surface area contributed by atoms with Gasteiger partial charge in [-0.1, -0.05) is 6.07 Å². The molecule has 1 N–H and O–H groups in total. The van der Waals surface area contributed by atoms with Crippen molar-refractivity contribution < 1.29 is 13.2 Å². The van der Waals surface area contributed by atoms with Gasteiger partial charge in [-0.15, -0.1) is 0 Å². The fourth-order valence-corrected chi connectivity index (χ4v) is 4.07. The molecule has 1 heterocycles. The molecule has 1 aromatic carbocycles. The van der Waals surface area contributed by atoms with Crippen LogP contribution in [0, 0.1) is 6.92 Å². The lowest BCUT2D eigenvalue weighted by molar-refractivity contribution is 0.102. The molecule has 23 heavy (non-hydrogen) atoms. The number of rotatable bonds is 4. The van der Waals surface area contributed by atoms with E-state index in [9.17, 15) is 13.2 Å². The number of carbonyl (C=O) groups excluding carboxylic acids is 1. The largest absolute Gasteiger partial charge is 0.291 e. The van der Waals surface area contributed by atoms with Crippen LogP contribution in [0.15, 0.2) is 23.4 Å². The van der Waals surface area contributed by atoms with Crippen molar-refractivity contribution in [1.29, 1.82) is 0 Å². The molecule has 1 fully saturated rings. The molecular formula is C15H18N4O3S. The molecule has 2 aromatic rings. The Morgan fingerprint density at radius 3 is 2.57 bits per heavy atom. The quantitative estimate of drug-likeness (QED) is 0.917. The SMILES string of the molecule is Cc1c(C(=O)Nc2ncnn2C)ccc(C2CC2)c1S(C)(=O)=O. The lowest BCUT2D eigenvalue weighted by atomic mass is 10.0. The van der Waals surface area contributed by atoms with E-state index >= 15 is 0 Å². The molecule has 7 nitrogen and oxygen atoms in total. The lowest BCUT2D eigenvalue weighted by Gasteiger charge is -2.14. The van der Waals surface area contributed by atoms with Crippen molar-refractivity contribution in [3.8, 4) is 0 Å². The van der Waals surface area contributed by atoms with Gasteiger partial charge >= 0.3 is 0 Å². The van der Waals surface area contributed by atoms with E-state index < -0.39 is 15.7 Å². The van der Waals surface area contributed by atoms with Gasteiger partial charge in [-0.05, 0) is 42.9 Å². The Kier molecular flexibility index (Phi) is 3.71. The highest BCUT2D eigenvalue weighted by Crippen LogP contribution is 2.44. The number of nitrogens with one attached hydrogen (secondary N) is 1. The van der Waals surface area contributed by atoms with Gasteiger partial charge < -0.3 is 0 Å². The number of nitrogens with zero attached hydrogens (tertiary/aromatic N) is 3. The van der Waals surface area contributed by atoms with Crippen LogP contribution in [0.5, 0.6) is 0 Å². The Bertz CT molecular complexity index is 882. The van der Waals surface area contributed by atoms with Gasteiger partial charge in [-0.25, -0.2) is 13.1 Å². The van der Waals surface area contributed by atoms with E-state index in [0.717, 1.165) is 18.4 Å². The minimum atomic E-state index is -3.41. The van der Waals surface area contributed by atoms with Gasteiger partial charge in [0.1, 0.15) is 6.33 Å². The summed E-state index contributed by atoms with van der Waals surface area (Å²) >= 11 is 0. The summed E-state index contributed by atoms with van der Waals surface area (Å²) in [5.41, 5.74) is 1.63. The number of aryl methyl sites for hydroxylation is 1. The van der Waals surface area contributed by atoms with Crippen molar-refractivity contribution in [2.75, 3.05) is 11.6 Å². The van der Waals surface area contributed by atoms with Crippen molar-refractivity contribution in [2.24, 2.45) is 7.05 Å². The zero-order valence-electron chi connectivity index (χ0n) is 13.2. The van der Waals surface area contributed by atoms with Crippen LogP contribution in [0.25, 0.3) is 0 Å². The number of aromatic nitrogens is 3. The first-order chi connectivity index (χ1) is 10.8. The molecule has 1 saturated carbocycles. The number of hydrogen-bond donors (Lipinski definition) is 1. The van der Waals surface area contributed by atoms with Crippen molar-refractivity contribution in [1.82, 2.24) is 14.8 Å². The van der Waals surface area contributed by atoms with Gasteiger partial charge in [0, 0.05) is 18.9 Å². The van der Waals surface area contributed by atoms with E-state index in [-0.39, 0.29) is 10.8 Å². The van der Waals surface area contributed by atoms with Crippen molar-refractivity contribution >= 4 is 21.7 Å². The summed E-state index contributed by atoms with van der Waals surface area (Å²) in [4.78, 5) is 16.7. The van der Waals surface area contributed by atoms with E-state index in [1.807, 2.05) is 0 Å².